The van der Waals surface area contributed by atoms with E-state index in [4.69, 9.17) is 4.74 Å². The van der Waals surface area contributed by atoms with Crippen LogP contribution < -0.4 is 5.56 Å². The lowest BCUT2D eigenvalue weighted by Crippen LogP contribution is -2.24. The van der Waals surface area contributed by atoms with Crippen LogP contribution in [0.3, 0.4) is 0 Å². The summed E-state index contributed by atoms with van der Waals surface area (Å²) in [4.78, 5) is 31.0. The highest BCUT2D eigenvalue weighted by Crippen LogP contribution is 2.22. The number of para-hydroxylation sites is 1. The summed E-state index contributed by atoms with van der Waals surface area (Å²) in [5.41, 5.74) is -0.347. The summed E-state index contributed by atoms with van der Waals surface area (Å²) in [5.74, 6) is -1.17. The number of halogens is 1. The highest BCUT2D eigenvalue weighted by molar-refractivity contribution is 5.90. The van der Waals surface area contributed by atoms with Crippen LogP contribution in [0, 0.1) is 5.82 Å². The smallest absolute Gasteiger partial charge is 0.338 e. The van der Waals surface area contributed by atoms with Gasteiger partial charge in [0.15, 0.2) is 0 Å². The number of aromatic amines is 1. The van der Waals surface area contributed by atoms with Crippen molar-refractivity contribution in [1.82, 2.24) is 9.97 Å². The highest BCUT2D eigenvalue weighted by atomic mass is 19.1. The maximum Gasteiger partial charge on any atom is 0.338 e. The van der Waals surface area contributed by atoms with Crippen LogP contribution in [0.1, 0.15) is 31.1 Å². The molecule has 0 aliphatic rings. The number of hydrogen-bond acceptors (Lipinski definition) is 4. The number of hydrogen-bond donors (Lipinski definition) is 1. The zero-order chi connectivity index (χ0) is 18.2. The summed E-state index contributed by atoms with van der Waals surface area (Å²) in [6.07, 6.45) is 0. The maximum absolute atomic E-state index is 14.5. The zero-order valence-electron chi connectivity index (χ0n) is 14.1. The van der Waals surface area contributed by atoms with E-state index < -0.39 is 17.4 Å². The molecule has 0 amide bonds. The Morgan fingerprint density at radius 1 is 1.16 bits per heavy atom. The molecular formula is C19H17FN2O3. The van der Waals surface area contributed by atoms with Crippen LogP contribution in [0.2, 0.25) is 0 Å². The van der Waals surface area contributed by atoms with Crippen LogP contribution in [0.4, 0.5) is 4.39 Å². The minimum absolute atomic E-state index is 0.0966. The number of esters is 1. The van der Waals surface area contributed by atoms with E-state index in [-0.39, 0.29) is 22.5 Å². The van der Waals surface area contributed by atoms with Gasteiger partial charge in [-0.15, -0.1) is 0 Å². The summed E-state index contributed by atoms with van der Waals surface area (Å²) in [7, 11) is 0. The van der Waals surface area contributed by atoms with Gasteiger partial charge >= 0.3 is 5.97 Å². The Morgan fingerprint density at radius 2 is 1.88 bits per heavy atom. The molecule has 3 rings (SSSR count). The molecular weight excluding hydrogens is 323 g/mol. The Kier molecular flexibility index (Phi) is 4.12. The monoisotopic (exact) mass is 340 g/mol. The Hall–Kier alpha value is -3.02. The van der Waals surface area contributed by atoms with E-state index in [1.54, 1.807) is 45.0 Å². The number of carbonyl (C=O) groups is 1. The number of ether oxygens (including phenoxy) is 1. The minimum Gasteiger partial charge on any atom is -0.456 e. The van der Waals surface area contributed by atoms with Crippen molar-refractivity contribution in [3.05, 3.63) is 64.2 Å². The van der Waals surface area contributed by atoms with Crippen molar-refractivity contribution in [1.29, 1.82) is 0 Å². The average Bonchev–Trinajstić information content (AvgIpc) is 2.53. The zero-order valence-corrected chi connectivity index (χ0v) is 14.1. The number of aromatic nitrogens is 2. The third-order valence-corrected chi connectivity index (χ3v) is 3.47. The van der Waals surface area contributed by atoms with Crippen molar-refractivity contribution < 1.29 is 13.9 Å². The van der Waals surface area contributed by atoms with Crippen LogP contribution in [0.5, 0.6) is 0 Å². The fraction of sp³-hybridized carbons (Fsp3) is 0.211. The summed E-state index contributed by atoms with van der Waals surface area (Å²) in [5, 5.41) is 0.428. The van der Waals surface area contributed by atoms with Gasteiger partial charge in [-0.25, -0.2) is 14.2 Å². The predicted octanol–water partition coefficient (Wildman–Crippen LogP) is 3.68. The highest BCUT2D eigenvalue weighted by Gasteiger charge is 2.19. The minimum atomic E-state index is -0.669. The lowest BCUT2D eigenvalue weighted by atomic mass is 10.1. The first-order valence-corrected chi connectivity index (χ1v) is 7.77. The van der Waals surface area contributed by atoms with Gasteiger partial charge in [-0.2, -0.15) is 0 Å². The van der Waals surface area contributed by atoms with Crippen molar-refractivity contribution in [2.45, 2.75) is 26.4 Å². The molecule has 0 saturated heterocycles. The van der Waals surface area contributed by atoms with E-state index in [9.17, 15) is 14.0 Å². The first-order valence-electron chi connectivity index (χ1n) is 7.77. The van der Waals surface area contributed by atoms with Gasteiger partial charge in [0.05, 0.1) is 22.0 Å². The van der Waals surface area contributed by atoms with Crippen molar-refractivity contribution in [3.63, 3.8) is 0 Å². The molecule has 3 aromatic rings. The molecule has 6 heteroatoms. The Labute approximate surface area is 143 Å². The SMILES string of the molecule is CC(C)(C)OC(=O)c1ccc(-c2nc3ccccc3c(=O)[nH]2)c(F)c1. The van der Waals surface area contributed by atoms with Crippen molar-refractivity contribution in [2.75, 3.05) is 0 Å². The first-order chi connectivity index (χ1) is 11.7. The summed E-state index contributed by atoms with van der Waals surface area (Å²) < 4.78 is 19.7. The van der Waals surface area contributed by atoms with Gasteiger partial charge in [0, 0.05) is 0 Å². The number of carbonyl (C=O) groups excluding carboxylic acids is 1. The fourth-order valence-electron chi connectivity index (χ4n) is 2.39. The molecule has 2 aromatic carbocycles. The van der Waals surface area contributed by atoms with Gasteiger partial charge in [-0.05, 0) is 51.1 Å². The lowest BCUT2D eigenvalue weighted by molar-refractivity contribution is 0.00690. The lowest BCUT2D eigenvalue weighted by Gasteiger charge is -2.19. The van der Waals surface area contributed by atoms with Gasteiger partial charge < -0.3 is 9.72 Å². The molecule has 0 aliphatic heterocycles. The van der Waals surface area contributed by atoms with Gasteiger partial charge in [-0.3, -0.25) is 4.79 Å². The summed E-state index contributed by atoms with van der Waals surface area (Å²) >= 11 is 0. The molecule has 0 fully saturated rings. The van der Waals surface area contributed by atoms with Gasteiger partial charge in [-0.1, -0.05) is 12.1 Å². The number of H-pyrrole nitrogens is 1. The molecule has 1 aromatic heterocycles. The van der Waals surface area contributed by atoms with Crippen LogP contribution in [-0.4, -0.2) is 21.5 Å². The molecule has 0 radical (unpaired) electrons. The molecule has 0 atom stereocenters. The van der Waals surface area contributed by atoms with Crippen molar-refractivity contribution in [3.8, 4) is 11.4 Å². The Morgan fingerprint density at radius 3 is 2.56 bits per heavy atom. The third-order valence-electron chi connectivity index (χ3n) is 3.47. The second-order valence-corrected chi connectivity index (χ2v) is 6.63. The van der Waals surface area contributed by atoms with E-state index in [2.05, 4.69) is 9.97 Å². The maximum atomic E-state index is 14.5. The van der Waals surface area contributed by atoms with E-state index >= 15 is 0 Å². The number of nitrogens with one attached hydrogen (secondary N) is 1. The number of rotatable bonds is 2. The molecule has 25 heavy (non-hydrogen) atoms. The van der Waals surface area contributed by atoms with E-state index in [1.165, 1.54) is 12.1 Å². The predicted molar refractivity (Wildman–Crippen MR) is 92.9 cm³/mol. The second-order valence-electron chi connectivity index (χ2n) is 6.63. The number of nitrogens with zero attached hydrogens (tertiary/aromatic N) is 1. The standard InChI is InChI=1S/C19H17FN2O3/c1-19(2,3)25-18(24)11-8-9-12(14(20)10-11)16-21-15-7-5-4-6-13(15)17(23)22-16/h4-10H,1-3H3,(H,21,22,23). The molecule has 0 unspecified atom stereocenters. The largest absolute Gasteiger partial charge is 0.456 e. The topological polar surface area (TPSA) is 72.0 Å². The summed E-state index contributed by atoms with van der Waals surface area (Å²) in [6, 6.07) is 10.7. The average molecular weight is 340 g/mol. The molecule has 0 aliphatic carbocycles. The first kappa shape index (κ1) is 16.8. The van der Waals surface area contributed by atoms with E-state index in [0.29, 0.717) is 10.9 Å². The van der Waals surface area contributed by atoms with Gasteiger partial charge in [0.2, 0.25) is 0 Å². The third kappa shape index (κ3) is 3.57. The molecule has 128 valence electrons. The molecule has 0 saturated carbocycles. The number of fused-ring (bicyclic) bond motifs is 1. The summed E-state index contributed by atoms with van der Waals surface area (Å²) in [6.45, 7) is 5.21. The van der Waals surface area contributed by atoms with Crippen LogP contribution in [0.25, 0.3) is 22.3 Å². The Balaban J connectivity index is 2.02. The van der Waals surface area contributed by atoms with Gasteiger partial charge in [0.25, 0.3) is 5.56 Å². The Bertz CT molecular complexity index is 1020. The quantitative estimate of drug-likeness (QED) is 0.722. The van der Waals surface area contributed by atoms with E-state index in [0.717, 1.165) is 6.07 Å². The van der Waals surface area contributed by atoms with Crippen LogP contribution in [-0.2, 0) is 4.74 Å². The van der Waals surface area contributed by atoms with Crippen molar-refractivity contribution >= 4 is 16.9 Å². The van der Waals surface area contributed by atoms with Crippen LogP contribution >= 0.6 is 0 Å². The molecule has 5 nitrogen and oxygen atoms in total. The molecule has 1 heterocycles. The molecule has 0 spiro atoms. The number of benzene rings is 2. The molecule has 1 N–H and O–H groups in total. The van der Waals surface area contributed by atoms with Gasteiger partial charge in [0.1, 0.15) is 17.2 Å². The fourth-order valence-corrected chi connectivity index (χ4v) is 2.39. The van der Waals surface area contributed by atoms with Crippen LogP contribution in [0.15, 0.2) is 47.3 Å². The van der Waals surface area contributed by atoms with Crippen molar-refractivity contribution in [2.24, 2.45) is 0 Å². The van der Waals surface area contributed by atoms with E-state index in [1.807, 2.05) is 0 Å². The molecule has 0 bridgehead atoms. The second kappa shape index (κ2) is 6.12. The normalized spacial score (nSPS) is 11.5.